The van der Waals surface area contributed by atoms with Crippen LogP contribution in [0.4, 0.5) is 4.79 Å². The Morgan fingerprint density at radius 1 is 1.23 bits per heavy atom. The third-order valence-electron chi connectivity index (χ3n) is 4.65. The molecule has 0 spiro atoms. The van der Waals surface area contributed by atoms with Crippen LogP contribution in [0.15, 0.2) is 54.9 Å². The van der Waals surface area contributed by atoms with E-state index in [1.807, 2.05) is 49.4 Å². The molecule has 2 N–H and O–H groups in total. The van der Waals surface area contributed by atoms with Crippen LogP contribution in [-0.2, 0) is 11.3 Å². The van der Waals surface area contributed by atoms with Crippen LogP contribution in [0.1, 0.15) is 36.9 Å². The van der Waals surface area contributed by atoms with Crippen LogP contribution in [0.25, 0.3) is 0 Å². The fraction of sp³-hybridized carbons (Fsp3) is 0.350. The second kappa shape index (κ2) is 8.47. The van der Waals surface area contributed by atoms with Crippen LogP contribution in [0.5, 0.6) is 0 Å². The summed E-state index contributed by atoms with van der Waals surface area (Å²) in [6, 6.07) is 12.8. The lowest BCUT2D eigenvalue weighted by Crippen LogP contribution is -2.49. The Bertz CT molecular complexity index is 736. The summed E-state index contributed by atoms with van der Waals surface area (Å²) < 4.78 is 0. The van der Waals surface area contributed by atoms with E-state index in [4.69, 9.17) is 0 Å². The number of aromatic nitrogens is 1. The average molecular weight is 352 g/mol. The molecule has 0 unspecified atom stereocenters. The normalized spacial score (nSPS) is 17.6. The molecule has 2 heterocycles. The summed E-state index contributed by atoms with van der Waals surface area (Å²) in [5.41, 5.74) is 1.98. The Kier molecular flexibility index (Phi) is 5.84. The Balaban J connectivity index is 1.56. The fourth-order valence-corrected chi connectivity index (χ4v) is 3.19. The SMILES string of the molecule is C[C@@H](NC(=O)N1CCC[C@@H]1C(=O)NCc1cccnc1)c1ccccc1. The number of hydrogen-bond acceptors (Lipinski definition) is 3. The first-order chi connectivity index (χ1) is 12.6. The molecule has 1 aromatic carbocycles. The number of carbonyl (C=O) groups is 2. The first-order valence-electron chi connectivity index (χ1n) is 8.94. The minimum absolute atomic E-state index is 0.108. The van der Waals surface area contributed by atoms with E-state index in [9.17, 15) is 9.59 Å². The zero-order valence-electron chi connectivity index (χ0n) is 14.9. The molecule has 3 amide bonds. The fourth-order valence-electron chi connectivity index (χ4n) is 3.19. The standard InChI is InChI=1S/C20H24N4O2/c1-15(17-8-3-2-4-9-17)23-20(26)24-12-6-10-18(24)19(25)22-14-16-7-5-11-21-13-16/h2-5,7-9,11,13,15,18H,6,10,12,14H2,1H3,(H,22,25)(H,23,26)/t15-,18-/m1/s1. The molecule has 2 atom stereocenters. The van der Waals surface area contributed by atoms with Crippen molar-refractivity contribution in [2.75, 3.05) is 6.54 Å². The number of rotatable bonds is 5. The van der Waals surface area contributed by atoms with Crippen molar-refractivity contribution in [1.82, 2.24) is 20.5 Å². The lowest BCUT2D eigenvalue weighted by Gasteiger charge is -2.26. The summed E-state index contributed by atoms with van der Waals surface area (Å²) in [4.78, 5) is 30.9. The van der Waals surface area contributed by atoms with E-state index in [0.717, 1.165) is 17.5 Å². The van der Waals surface area contributed by atoms with Crippen molar-refractivity contribution >= 4 is 11.9 Å². The molecule has 3 rings (SSSR count). The first-order valence-corrected chi connectivity index (χ1v) is 8.94. The maximum absolute atomic E-state index is 12.6. The van der Waals surface area contributed by atoms with Gasteiger partial charge in [0.2, 0.25) is 5.91 Å². The van der Waals surface area contributed by atoms with E-state index >= 15 is 0 Å². The van der Waals surface area contributed by atoms with Gasteiger partial charge in [0.25, 0.3) is 0 Å². The molecule has 0 saturated carbocycles. The molecular formula is C20H24N4O2. The Morgan fingerprint density at radius 2 is 2.04 bits per heavy atom. The van der Waals surface area contributed by atoms with Crippen molar-refractivity contribution < 1.29 is 9.59 Å². The number of pyridine rings is 1. The molecule has 1 aliphatic rings. The lowest BCUT2D eigenvalue weighted by atomic mass is 10.1. The molecule has 136 valence electrons. The van der Waals surface area contributed by atoms with E-state index in [-0.39, 0.29) is 18.0 Å². The highest BCUT2D eigenvalue weighted by molar-refractivity contribution is 5.87. The first kappa shape index (κ1) is 17.9. The highest BCUT2D eigenvalue weighted by Gasteiger charge is 2.34. The predicted octanol–water partition coefficient (Wildman–Crippen LogP) is 2.63. The topological polar surface area (TPSA) is 74.3 Å². The highest BCUT2D eigenvalue weighted by atomic mass is 16.2. The van der Waals surface area contributed by atoms with Gasteiger partial charge in [-0.2, -0.15) is 0 Å². The van der Waals surface area contributed by atoms with E-state index in [2.05, 4.69) is 15.6 Å². The van der Waals surface area contributed by atoms with Crippen molar-refractivity contribution in [1.29, 1.82) is 0 Å². The summed E-state index contributed by atoms with van der Waals surface area (Å²) in [6.45, 7) is 2.96. The summed E-state index contributed by atoms with van der Waals surface area (Å²) in [6.07, 6.45) is 4.94. The van der Waals surface area contributed by atoms with E-state index in [1.54, 1.807) is 17.3 Å². The van der Waals surface area contributed by atoms with Crippen molar-refractivity contribution in [3.63, 3.8) is 0 Å². The molecule has 6 nitrogen and oxygen atoms in total. The molecule has 0 bridgehead atoms. The molecule has 0 aliphatic carbocycles. The number of urea groups is 1. The zero-order chi connectivity index (χ0) is 18.4. The van der Waals surface area contributed by atoms with Gasteiger partial charge in [-0.15, -0.1) is 0 Å². The van der Waals surface area contributed by atoms with Gasteiger partial charge < -0.3 is 15.5 Å². The summed E-state index contributed by atoms with van der Waals surface area (Å²) in [5.74, 6) is -0.117. The second-order valence-corrected chi connectivity index (χ2v) is 6.51. The maximum atomic E-state index is 12.6. The van der Waals surface area contributed by atoms with Crippen LogP contribution in [0, 0.1) is 0 Å². The zero-order valence-corrected chi connectivity index (χ0v) is 14.9. The Morgan fingerprint density at radius 3 is 2.77 bits per heavy atom. The van der Waals surface area contributed by atoms with E-state index in [0.29, 0.717) is 19.5 Å². The van der Waals surface area contributed by atoms with Crippen molar-refractivity contribution in [3.8, 4) is 0 Å². The van der Waals surface area contributed by atoms with Gasteiger partial charge in [-0.05, 0) is 37.0 Å². The van der Waals surface area contributed by atoms with Gasteiger partial charge in [0.1, 0.15) is 6.04 Å². The van der Waals surface area contributed by atoms with Gasteiger partial charge >= 0.3 is 6.03 Å². The number of nitrogens with one attached hydrogen (secondary N) is 2. The van der Waals surface area contributed by atoms with E-state index in [1.165, 1.54) is 0 Å². The van der Waals surface area contributed by atoms with Crippen molar-refractivity contribution in [2.24, 2.45) is 0 Å². The van der Waals surface area contributed by atoms with Crippen LogP contribution < -0.4 is 10.6 Å². The summed E-state index contributed by atoms with van der Waals surface area (Å²) in [5, 5.41) is 5.90. The number of amides is 3. The number of hydrogen-bond donors (Lipinski definition) is 2. The molecule has 6 heteroatoms. The smallest absolute Gasteiger partial charge is 0.318 e. The minimum Gasteiger partial charge on any atom is -0.350 e. The number of carbonyl (C=O) groups excluding carboxylic acids is 2. The highest BCUT2D eigenvalue weighted by Crippen LogP contribution is 2.19. The van der Waals surface area contributed by atoms with Gasteiger partial charge in [0, 0.05) is 25.5 Å². The van der Waals surface area contributed by atoms with Crippen LogP contribution >= 0.6 is 0 Å². The lowest BCUT2D eigenvalue weighted by molar-refractivity contribution is -0.124. The van der Waals surface area contributed by atoms with Crippen LogP contribution in [0.2, 0.25) is 0 Å². The summed E-state index contributed by atoms with van der Waals surface area (Å²) >= 11 is 0. The van der Waals surface area contributed by atoms with Crippen molar-refractivity contribution in [3.05, 3.63) is 66.0 Å². The van der Waals surface area contributed by atoms with Gasteiger partial charge in [0.15, 0.2) is 0 Å². The van der Waals surface area contributed by atoms with Crippen LogP contribution in [0.3, 0.4) is 0 Å². The molecule has 1 fully saturated rings. The monoisotopic (exact) mass is 352 g/mol. The van der Waals surface area contributed by atoms with Crippen molar-refractivity contribution in [2.45, 2.75) is 38.4 Å². The average Bonchev–Trinajstić information content (AvgIpc) is 3.17. The third kappa shape index (κ3) is 4.39. The molecule has 1 saturated heterocycles. The molecule has 1 aliphatic heterocycles. The van der Waals surface area contributed by atoms with Gasteiger partial charge in [-0.3, -0.25) is 9.78 Å². The Labute approximate surface area is 153 Å². The predicted molar refractivity (Wildman–Crippen MR) is 99.2 cm³/mol. The molecule has 2 aromatic rings. The minimum atomic E-state index is -0.422. The van der Waals surface area contributed by atoms with Crippen LogP contribution in [-0.4, -0.2) is 34.4 Å². The molecule has 0 radical (unpaired) electrons. The van der Waals surface area contributed by atoms with Gasteiger partial charge in [-0.25, -0.2) is 4.79 Å². The quantitative estimate of drug-likeness (QED) is 0.869. The number of benzene rings is 1. The number of likely N-dealkylation sites (tertiary alicyclic amines) is 1. The Hall–Kier alpha value is -2.89. The molecule has 26 heavy (non-hydrogen) atoms. The third-order valence-corrected chi connectivity index (χ3v) is 4.65. The van der Waals surface area contributed by atoms with Gasteiger partial charge in [-0.1, -0.05) is 36.4 Å². The molecular weight excluding hydrogens is 328 g/mol. The molecule has 1 aromatic heterocycles. The summed E-state index contributed by atoms with van der Waals surface area (Å²) in [7, 11) is 0. The van der Waals surface area contributed by atoms with Gasteiger partial charge in [0.05, 0.1) is 6.04 Å². The maximum Gasteiger partial charge on any atom is 0.318 e. The largest absolute Gasteiger partial charge is 0.350 e. The number of nitrogens with zero attached hydrogens (tertiary/aromatic N) is 2. The van der Waals surface area contributed by atoms with E-state index < -0.39 is 6.04 Å². The second-order valence-electron chi connectivity index (χ2n) is 6.51.